The standard InChI is InChI=1S/C19H20N4O2/c1-25-15-7-5-14(6-8-15)23-12-9-17-16(18(23)24)13-20-19(21-17)22-10-3-2-4-11-22/h5-9,12-13H,2-4,10-11H2,1H3. The zero-order chi connectivity index (χ0) is 17.2. The van der Waals surface area contributed by atoms with Gasteiger partial charge in [0.15, 0.2) is 0 Å². The summed E-state index contributed by atoms with van der Waals surface area (Å²) < 4.78 is 6.77. The quantitative estimate of drug-likeness (QED) is 0.736. The third kappa shape index (κ3) is 2.95. The zero-order valence-corrected chi connectivity index (χ0v) is 14.2. The maximum absolute atomic E-state index is 12.8. The van der Waals surface area contributed by atoms with Crippen LogP contribution in [0.5, 0.6) is 5.75 Å². The van der Waals surface area contributed by atoms with E-state index in [4.69, 9.17) is 4.74 Å². The first-order valence-electron chi connectivity index (χ1n) is 8.54. The number of methoxy groups -OCH3 is 1. The topological polar surface area (TPSA) is 60.2 Å². The Bertz CT molecular complexity index is 944. The largest absolute Gasteiger partial charge is 0.497 e. The lowest BCUT2D eigenvalue weighted by molar-refractivity contribution is 0.414. The average Bonchev–Trinajstić information content (AvgIpc) is 2.69. The van der Waals surface area contributed by atoms with E-state index in [1.807, 2.05) is 30.3 Å². The van der Waals surface area contributed by atoms with Gasteiger partial charge in [0.1, 0.15) is 5.75 Å². The molecule has 0 amide bonds. The summed E-state index contributed by atoms with van der Waals surface area (Å²) in [5, 5.41) is 0.527. The Balaban J connectivity index is 1.73. The highest BCUT2D eigenvalue weighted by Crippen LogP contribution is 2.18. The second-order valence-corrected chi connectivity index (χ2v) is 6.21. The highest BCUT2D eigenvalue weighted by Gasteiger charge is 2.15. The van der Waals surface area contributed by atoms with E-state index in [0.717, 1.165) is 24.5 Å². The number of aromatic nitrogens is 3. The molecule has 4 rings (SSSR count). The lowest BCUT2D eigenvalue weighted by Crippen LogP contribution is -2.31. The number of hydrogen-bond acceptors (Lipinski definition) is 5. The molecule has 1 saturated heterocycles. The van der Waals surface area contributed by atoms with Crippen LogP contribution < -0.4 is 15.2 Å². The van der Waals surface area contributed by atoms with Gasteiger partial charge in [-0.2, -0.15) is 0 Å². The summed E-state index contributed by atoms with van der Waals surface area (Å²) >= 11 is 0. The van der Waals surface area contributed by atoms with Crippen LogP contribution in [0.1, 0.15) is 19.3 Å². The highest BCUT2D eigenvalue weighted by atomic mass is 16.5. The number of anilines is 1. The molecular formula is C19H20N4O2. The molecule has 0 bridgehead atoms. The van der Waals surface area contributed by atoms with Crippen molar-refractivity contribution < 1.29 is 4.74 Å². The Morgan fingerprint density at radius 2 is 1.80 bits per heavy atom. The molecule has 25 heavy (non-hydrogen) atoms. The summed E-state index contributed by atoms with van der Waals surface area (Å²) in [7, 11) is 1.62. The van der Waals surface area contributed by atoms with Crippen molar-refractivity contribution >= 4 is 16.9 Å². The Kier molecular flexibility index (Phi) is 4.09. The van der Waals surface area contributed by atoms with Gasteiger partial charge in [-0.3, -0.25) is 9.36 Å². The second-order valence-electron chi connectivity index (χ2n) is 6.21. The summed E-state index contributed by atoms with van der Waals surface area (Å²) in [5.41, 5.74) is 1.35. The van der Waals surface area contributed by atoms with Gasteiger partial charge < -0.3 is 9.64 Å². The zero-order valence-electron chi connectivity index (χ0n) is 14.2. The first kappa shape index (κ1) is 15.6. The number of pyridine rings is 1. The Labute approximate surface area is 145 Å². The van der Waals surface area contributed by atoms with Crippen LogP contribution in [0.2, 0.25) is 0 Å². The highest BCUT2D eigenvalue weighted by molar-refractivity contribution is 5.78. The van der Waals surface area contributed by atoms with Crippen molar-refractivity contribution in [3.05, 3.63) is 53.1 Å². The number of ether oxygens (including phenoxy) is 1. The molecule has 1 aromatic carbocycles. The molecule has 3 heterocycles. The van der Waals surface area contributed by atoms with Crippen LogP contribution >= 0.6 is 0 Å². The third-order valence-corrected chi connectivity index (χ3v) is 4.63. The van der Waals surface area contributed by atoms with Crippen LogP contribution in [0, 0.1) is 0 Å². The number of fused-ring (bicyclic) bond motifs is 1. The maximum Gasteiger partial charge on any atom is 0.266 e. The SMILES string of the molecule is COc1ccc(-n2ccc3nc(N4CCCCC4)ncc3c2=O)cc1. The van der Waals surface area contributed by atoms with Gasteiger partial charge in [0.05, 0.1) is 18.0 Å². The second kappa shape index (κ2) is 6.55. The molecule has 6 heteroatoms. The smallest absolute Gasteiger partial charge is 0.266 e. The minimum Gasteiger partial charge on any atom is -0.497 e. The molecule has 0 saturated carbocycles. The molecule has 0 unspecified atom stereocenters. The molecule has 0 aliphatic carbocycles. The number of hydrogen-bond donors (Lipinski definition) is 0. The summed E-state index contributed by atoms with van der Waals surface area (Å²) in [6, 6.07) is 9.25. The molecule has 2 aromatic heterocycles. The normalized spacial score (nSPS) is 14.7. The summed E-state index contributed by atoms with van der Waals surface area (Å²) in [4.78, 5) is 24.0. The van der Waals surface area contributed by atoms with Crippen molar-refractivity contribution in [2.24, 2.45) is 0 Å². The first-order valence-corrected chi connectivity index (χ1v) is 8.54. The van der Waals surface area contributed by atoms with Gasteiger partial charge in [-0.05, 0) is 49.6 Å². The summed E-state index contributed by atoms with van der Waals surface area (Å²) in [5.74, 6) is 1.47. The van der Waals surface area contributed by atoms with Crippen molar-refractivity contribution in [2.75, 3.05) is 25.1 Å². The summed E-state index contributed by atoms with van der Waals surface area (Å²) in [6.07, 6.45) is 7.01. The van der Waals surface area contributed by atoms with E-state index in [2.05, 4.69) is 14.9 Å². The van der Waals surface area contributed by atoms with Crippen LogP contribution in [0.4, 0.5) is 5.95 Å². The van der Waals surface area contributed by atoms with E-state index in [1.54, 1.807) is 24.1 Å². The molecule has 1 aliphatic heterocycles. The van der Waals surface area contributed by atoms with Crippen molar-refractivity contribution in [1.82, 2.24) is 14.5 Å². The van der Waals surface area contributed by atoms with Crippen LogP contribution in [-0.4, -0.2) is 34.7 Å². The van der Waals surface area contributed by atoms with Crippen molar-refractivity contribution in [1.29, 1.82) is 0 Å². The lowest BCUT2D eigenvalue weighted by Gasteiger charge is -2.26. The lowest BCUT2D eigenvalue weighted by atomic mass is 10.1. The van der Waals surface area contributed by atoms with Gasteiger partial charge in [0.2, 0.25) is 5.95 Å². The first-order chi connectivity index (χ1) is 12.3. The molecular weight excluding hydrogens is 316 g/mol. The van der Waals surface area contributed by atoms with Crippen molar-refractivity contribution in [3.63, 3.8) is 0 Å². The van der Waals surface area contributed by atoms with Crippen LogP contribution in [0.3, 0.4) is 0 Å². The third-order valence-electron chi connectivity index (χ3n) is 4.63. The van der Waals surface area contributed by atoms with E-state index < -0.39 is 0 Å². The monoisotopic (exact) mass is 336 g/mol. The fraction of sp³-hybridized carbons (Fsp3) is 0.316. The molecule has 128 valence electrons. The molecule has 1 fully saturated rings. The Morgan fingerprint density at radius 3 is 2.52 bits per heavy atom. The van der Waals surface area contributed by atoms with E-state index in [-0.39, 0.29) is 5.56 Å². The van der Waals surface area contributed by atoms with Crippen molar-refractivity contribution in [2.45, 2.75) is 19.3 Å². The predicted octanol–water partition coefficient (Wildman–Crippen LogP) is 2.78. The Hall–Kier alpha value is -2.89. The summed E-state index contributed by atoms with van der Waals surface area (Å²) in [6.45, 7) is 1.96. The number of rotatable bonds is 3. The minimum absolute atomic E-state index is 0.118. The molecule has 0 radical (unpaired) electrons. The maximum atomic E-state index is 12.8. The van der Waals surface area contributed by atoms with E-state index in [1.165, 1.54) is 19.3 Å². The van der Waals surface area contributed by atoms with Crippen LogP contribution in [0.25, 0.3) is 16.6 Å². The number of piperidine rings is 1. The number of nitrogens with zero attached hydrogens (tertiary/aromatic N) is 4. The van der Waals surface area contributed by atoms with Gasteiger partial charge in [0, 0.05) is 31.2 Å². The van der Waals surface area contributed by atoms with Gasteiger partial charge in [-0.15, -0.1) is 0 Å². The Morgan fingerprint density at radius 1 is 1.04 bits per heavy atom. The minimum atomic E-state index is -0.118. The van der Waals surface area contributed by atoms with E-state index in [9.17, 15) is 4.79 Å². The fourth-order valence-electron chi connectivity index (χ4n) is 3.21. The molecule has 0 atom stereocenters. The van der Waals surface area contributed by atoms with Crippen molar-refractivity contribution in [3.8, 4) is 11.4 Å². The molecule has 3 aromatic rings. The average molecular weight is 336 g/mol. The van der Waals surface area contributed by atoms with Crippen LogP contribution in [0.15, 0.2) is 47.5 Å². The molecule has 0 spiro atoms. The fourth-order valence-corrected chi connectivity index (χ4v) is 3.21. The number of benzene rings is 1. The van der Waals surface area contributed by atoms with Crippen LogP contribution in [-0.2, 0) is 0 Å². The van der Waals surface area contributed by atoms with E-state index >= 15 is 0 Å². The van der Waals surface area contributed by atoms with Gasteiger partial charge in [-0.25, -0.2) is 9.97 Å². The molecule has 6 nitrogen and oxygen atoms in total. The molecule has 0 N–H and O–H groups in total. The van der Waals surface area contributed by atoms with Gasteiger partial charge in [0.25, 0.3) is 5.56 Å². The predicted molar refractivity (Wildman–Crippen MR) is 97.8 cm³/mol. The molecule has 1 aliphatic rings. The van der Waals surface area contributed by atoms with E-state index in [0.29, 0.717) is 16.9 Å². The van der Waals surface area contributed by atoms with Gasteiger partial charge >= 0.3 is 0 Å². The van der Waals surface area contributed by atoms with Gasteiger partial charge in [-0.1, -0.05) is 0 Å².